The van der Waals surface area contributed by atoms with Crippen LogP contribution in [0.5, 0.6) is 0 Å². The van der Waals surface area contributed by atoms with Crippen molar-refractivity contribution in [1.82, 2.24) is 15.0 Å². The highest BCUT2D eigenvalue weighted by atomic mass is 16.3. The Morgan fingerprint density at radius 1 is 0.267 bits per heavy atom. The molecule has 0 saturated heterocycles. The molecule has 5 heteroatoms. The van der Waals surface area contributed by atoms with Crippen LogP contribution in [0.3, 0.4) is 0 Å². The van der Waals surface area contributed by atoms with Crippen LogP contribution in [-0.4, -0.2) is 15.0 Å². The Bertz CT molecular complexity index is 3590. The number of para-hydroxylation sites is 1. The van der Waals surface area contributed by atoms with E-state index in [0.717, 1.165) is 99.3 Å². The first-order valence-corrected chi connectivity index (χ1v) is 20.1. The molecule has 0 aliphatic carbocycles. The first kappa shape index (κ1) is 33.9. The minimum absolute atomic E-state index is 0.591. The zero-order valence-corrected chi connectivity index (χ0v) is 32.2. The predicted molar refractivity (Wildman–Crippen MR) is 245 cm³/mol. The summed E-state index contributed by atoms with van der Waals surface area (Å²) in [5, 5.41) is 6.72. The molecule has 0 saturated carbocycles. The van der Waals surface area contributed by atoms with Gasteiger partial charge in [-0.25, -0.2) is 15.0 Å². The fourth-order valence-corrected chi connectivity index (χ4v) is 8.63. The summed E-state index contributed by atoms with van der Waals surface area (Å²) in [5.74, 6) is 1.79. The van der Waals surface area contributed by atoms with Crippen molar-refractivity contribution in [2.75, 3.05) is 0 Å². The van der Waals surface area contributed by atoms with Crippen LogP contribution in [0.2, 0.25) is 0 Å². The first-order valence-electron chi connectivity index (χ1n) is 20.1. The number of hydrogen-bond donors (Lipinski definition) is 0. The number of hydrogen-bond acceptors (Lipinski definition) is 5. The summed E-state index contributed by atoms with van der Waals surface area (Å²) in [5.41, 5.74) is 12.6. The van der Waals surface area contributed by atoms with Crippen molar-refractivity contribution in [2.24, 2.45) is 0 Å². The van der Waals surface area contributed by atoms with E-state index in [0.29, 0.717) is 17.5 Å². The summed E-state index contributed by atoms with van der Waals surface area (Å²) < 4.78 is 12.7. The van der Waals surface area contributed by atoms with Crippen LogP contribution in [0.15, 0.2) is 209 Å². The van der Waals surface area contributed by atoms with Gasteiger partial charge in [0.2, 0.25) is 0 Å². The molecule has 0 N–H and O–H groups in total. The summed E-state index contributed by atoms with van der Waals surface area (Å²) in [6.07, 6.45) is 0. The summed E-state index contributed by atoms with van der Waals surface area (Å²) in [6, 6.07) is 69.3. The van der Waals surface area contributed by atoms with Crippen molar-refractivity contribution in [3.63, 3.8) is 0 Å². The van der Waals surface area contributed by atoms with Crippen LogP contribution in [-0.2, 0) is 0 Å². The third-order valence-electron chi connectivity index (χ3n) is 11.5. The van der Waals surface area contributed by atoms with Crippen molar-refractivity contribution < 1.29 is 8.83 Å². The third kappa shape index (κ3) is 5.75. The smallest absolute Gasteiger partial charge is 0.164 e. The average Bonchev–Trinajstić information content (AvgIpc) is 3.89. The minimum atomic E-state index is 0.591. The summed E-state index contributed by atoms with van der Waals surface area (Å²) in [4.78, 5) is 15.5. The van der Waals surface area contributed by atoms with Gasteiger partial charge in [-0.3, -0.25) is 0 Å². The van der Waals surface area contributed by atoms with Crippen LogP contribution in [0.25, 0.3) is 122 Å². The van der Waals surface area contributed by atoms with E-state index >= 15 is 0 Å². The number of furan rings is 2. The molecule has 3 heterocycles. The summed E-state index contributed by atoms with van der Waals surface area (Å²) in [6.45, 7) is 0. The Hall–Kier alpha value is -8.15. The molecule has 0 fully saturated rings. The van der Waals surface area contributed by atoms with Crippen LogP contribution in [0, 0.1) is 0 Å². The molecule has 280 valence electrons. The number of aromatic nitrogens is 3. The fourth-order valence-electron chi connectivity index (χ4n) is 8.63. The molecule has 0 aliphatic rings. The van der Waals surface area contributed by atoms with Crippen LogP contribution >= 0.6 is 0 Å². The predicted octanol–water partition coefficient (Wildman–Crippen LogP) is 14.8. The molecular formula is C55H33N3O2. The van der Waals surface area contributed by atoms with E-state index in [1.165, 1.54) is 5.39 Å². The summed E-state index contributed by atoms with van der Waals surface area (Å²) in [7, 11) is 0. The van der Waals surface area contributed by atoms with Gasteiger partial charge in [0.25, 0.3) is 0 Å². The van der Waals surface area contributed by atoms with E-state index < -0.39 is 0 Å². The molecule has 0 aliphatic heterocycles. The molecule has 0 unspecified atom stereocenters. The highest BCUT2D eigenvalue weighted by Gasteiger charge is 2.19. The van der Waals surface area contributed by atoms with Gasteiger partial charge in [0.1, 0.15) is 22.3 Å². The second kappa shape index (κ2) is 13.8. The molecule has 0 amide bonds. The highest BCUT2D eigenvalue weighted by molar-refractivity contribution is 6.16. The van der Waals surface area contributed by atoms with E-state index in [1.807, 2.05) is 60.7 Å². The van der Waals surface area contributed by atoms with Crippen molar-refractivity contribution in [3.05, 3.63) is 200 Å². The molecule has 3 aromatic heterocycles. The molecular weight excluding hydrogens is 735 g/mol. The number of benzene rings is 9. The van der Waals surface area contributed by atoms with E-state index in [9.17, 15) is 0 Å². The fraction of sp³-hybridized carbons (Fsp3) is 0. The monoisotopic (exact) mass is 767 g/mol. The van der Waals surface area contributed by atoms with Gasteiger partial charge in [0.05, 0.1) is 0 Å². The lowest BCUT2D eigenvalue weighted by Crippen LogP contribution is -2.00. The van der Waals surface area contributed by atoms with Crippen molar-refractivity contribution >= 4 is 54.6 Å². The van der Waals surface area contributed by atoms with E-state index in [4.69, 9.17) is 23.8 Å². The topological polar surface area (TPSA) is 65.0 Å². The minimum Gasteiger partial charge on any atom is -0.456 e. The second-order valence-electron chi connectivity index (χ2n) is 15.2. The number of rotatable bonds is 6. The van der Waals surface area contributed by atoms with Gasteiger partial charge in [0.15, 0.2) is 17.5 Å². The van der Waals surface area contributed by atoms with E-state index in [2.05, 4.69) is 140 Å². The van der Waals surface area contributed by atoms with Crippen molar-refractivity contribution in [1.29, 1.82) is 0 Å². The Morgan fingerprint density at radius 3 is 1.47 bits per heavy atom. The molecule has 9 aromatic carbocycles. The van der Waals surface area contributed by atoms with Crippen molar-refractivity contribution in [3.8, 4) is 67.5 Å². The largest absolute Gasteiger partial charge is 0.456 e. The maximum atomic E-state index is 6.40. The van der Waals surface area contributed by atoms with E-state index in [1.54, 1.807) is 0 Å². The number of fused-ring (bicyclic) bond motifs is 7. The number of nitrogens with zero attached hydrogens (tertiary/aromatic N) is 3. The quantitative estimate of drug-likeness (QED) is 0.169. The lowest BCUT2D eigenvalue weighted by molar-refractivity contribution is 0.669. The lowest BCUT2D eigenvalue weighted by Gasteiger charge is -2.13. The molecule has 12 aromatic rings. The zero-order chi connectivity index (χ0) is 39.6. The lowest BCUT2D eigenvalue weighted by atomic mass is 9.93. The van der Waals surface area contributed by atoms with Gasteiger partial charge >= 0.3 is 0 Å². The molecule has 0 radical (unpaired) electrons. The SMILES string of the molecule is c1ccc(-c2cc(-c3nc(-c4ccccc4)nc(-c4ccc(-c5cccc6oc7cc8ccccc8cc7c56)cc4)n3)cc(-c3cccc4oc5ccccc5c34)c2)cc1. The molecule has 12 rings (SSSR count). The Kier molecular flexibility index (Phi) is 7.78. The van der Waals surface area contributed by atoms with Gasteiger partial charge in [-0.1, -0.05) is 152 Å². The van der Waals surface area contributed by atoms with E-state index in [-0.39, 0.29) is 0 Å². The van der Waals surface area contributed by atoms with Gasteiger partial charge in [-0.05, 0) is 92.7 Å². The molecule has 0 spiro atoms. The highest BCUT2D eigenvalue weighted by Crippen LogP contribution is 2.41. The molecule has 60 heavy (non-hydrogen) atoms. The van der Waals surface area contributed by atoms with Gasteiger partial charge in [-0.2, -0.15) is 0 Å². The van der Waals surface area contributed by atoms with Gasteiger partial charge < -0.3 is 8.83 Å². The van der Waals surface area contributed by atoms with Crippen LogP contribution in [0.1, 0.15) is 0 Å². The third-order valence-corrected chi connectivity index (χ3v) is 11.5. The molecule has 0 bridgehead atoms. The summed E-state index contributed by atoms with van der Waals surface area (Å²) >= 11 is 0. The molecule has 0 atom stereocenters. The van der Waals surface area contributed by atoms with Crippen LogP contribution < -0.4 is 0 Å². The standard InChI is InChI=1S/C55H33N3O2/c1-3-13-34(14-4-1)40-29-41(44-21-12-23-48-51(44)45-19-9-10-22-47(45)59-48)31-42(30-40)55-57-53(36-15-5-2-6-16-36)56-54(58-55)37-27-25-35(26-28-37)43-20-11-24-49-52(43)46-32-38-17-7-8-18-39(38)33-50(46)60-49/h1-33H. The Balaban J connectivity index is 1.02. The normalized spacial score (nSPS) is 11.7. The second-order valence-corrected chi connectivity index (χ2v) is 15.2. The molecule has 5 nitrogen and oxygen atoms in total. The Morgan fingerprint density at radius 2 is 0.750 bits per heavy atom. The maximum absolute atomic E-state index is 6.40. The average molecular weight is 768 g/mol. The first-order chi connectivity index (χ1) is 29.7. The maximum Gasteiger partial charge on any atom is 0.164 e. The Labute approximate surface area is 344 Å². The zero-order valence-electron chi connectivity index (χ0n) is 32.2. The van der Waals surface area contributed by atoms with Crippen LogP contribution in [0.4, 0.5) is 0 Å². The van der Waals surface area contributed by atoms with Crippen molar-refractivity contribution in [2.45, 2.75) is 0 Å². The van der Waals surface area contributed by atoms with Gasteiger partial charge in [-0.15, -0.1) is 0 Å². The van der Waals surface area contributed by atoms with Gasteiger partial charge in [0, 0.05) is 38.2 Å².